The van der Waals surface area contributed by atoms with E-state index in [9.17, 15) is 18.0 Å². The van der Waals surface area contributed by atoms with Gasteiger partial charge in [-0.15, -0.1) is 0 Å². The normalized spacial score (nSPS) is 13.9. The summed E-state index contributed by atoms with van der Waals surface area (Å²) in [4.78, 5) is 11.8. The van der Waals surface area contributed by atoms with Gasteiger partial charge in [0.2, 0.25) is 5.91 Å². The minimum absolute atomic E-state index is 0.224. The molecule has 0 radical (unpaired) electrons. The van der Waals surface area contributed by atoms with Crippen LogP contribution in [-0.4, -0.2) is 11.4 Å². The molecule has 0 aliphatic carbocycles. The number of nitrogens with two attached hydrogens (primary N) is 1. The highest BCUT2D eigenvalue weighted by Crippen LogP contribution is 2.30. The largest absolute Gasteiger partial charge is 0.416 e. The Morgan fingerprint density at radius 1 is 1.33 bits per heavy atom. The van der Waals surface area contributed by atoms with Crippen LogP contribution in [0.2, 0.25) is 0 Å². The molecule has 0 fully saturated rings. The molecule has 1 amide bonds. The van der Waals surface area contributed by atoms with Crippen molar-refractivity contribution in [3.05, 3.63) is 35.4 Å². The standard InChI is InChI=1S/C15H21F3N2O/c1-10(20-13(21)7-8-14(2,3)19)11-5-4-6-12(9-11)15(16,17)18/h4-6,9-10H,7-8,19H2,1-3H3,(H,20,21). The van der Waals surface area contributed by atoms with Crippen LogP contribution in [0.3, 0.4) is 0 Å². The van der Waals surface area contributed by atoms with Gasteiger partial charge in [0, 0.05) is 12.0 Å². The fourth-order valence-corrected chi connectivity index (χ4v) is 1.82. The Hall–Kier alpha value is -1.56. The van der Waals surface area contributed by atoms with E-state index in [-0.39, 0.29) is 12.3 Å². The first-order chi connectivity index (χ1) is 9.49. The van der Waals surface area contributed by atoms with E-state index in [1.807, 2.05) is 13.8 Å². The first-order valence-corrected chi connectivity index (χ1v) is 6.74. The fraction of sp³-hybridized carbons (Fsp3) is 0.533. The molecule has 3 nitrogen and oxygen atoms in total. The number of carbonyl (C=O) groups is 1. The summed E-state index contributed by atoms with van der Waals surface area (Å²) < 4.78 is 37.9. The van der Waals surface area contributed by atoms with Gasteiger partial charge in [-0.25, -0.2) is 0 Å². The molecule has 1 rings (SSSR count). The second-order valence-corrected chi connectivity index (χ2v) is 5.90. The van der Waals surface area contributed by atoms with E-state index in [4.69, 9.17) is 5.73 Å². The minimum atomic E-state index is -4.39. The zero-order chi connectivity index (χ0) is 16.3. The van der Waals surface area contributed by atoms with Crippen molar-refractivity contribution in [3.8, 4) is 0 Å². The summed E-state index contributed by atoms with van der Waals surface area (Å²) in [6.45, 7) is 5.29. The van der Waals surface area contributed by atoms with Crippen LogP contribution in [0.5, 0.6) is 0 Å². The smallest absolute Gasteiger partial charge is 0.350 e. The Kier molecular flexibility index (Phi) is 5.39. The van der Waals surface area contributed by atoms with E-state index in [2.05, 4.69) is 5.32 Å². The van der Waals surface area contributed by atoms with Gasteiger partial charge in [0.05, 0.1) is 11.6 Å². The van der Waals surface area contributed by atoms with Crippen LogP contribution in [0, 0.1) is 0 Å². The molecule has 1 unspecified atom stereocenters. The monoisotopic (exact) mass is 302 g/mol. The fourth-order valence-electron chi connectivity index (χ4n) is 1.82. The molecule has 0 saturated carbocycles. The maximum absolute atomic E-state index is 12.6. The maximum Gasteiger partial charge on any atom is 0.416 e. The van der Waals surface area contributed by atoms with Crippen molar-refractivity contribution in [2.24, 2.45) is 5.73 Å². The highest BCUT2D eigenvalue weighted by Gasteiger charge is 2.30. The first-order valence-electron chi connectivity index (χ1n) is 6.74. The van der Waals surface area contributed by atoms with E-state index in [0.717, 1.165) is 12.1 Å². The lowest BCUT2D eigenvalue weighted by molar-refractivity contribution is -0.137. The second kappa shape index (κ2) is 6.47. The summed E-state index contributed by atoms with van der Waals surface area (Å²) in [5.74, 6) is -0.224. The second-order valence-electron chi connectivity index (χ2n) is 5.90. The van der Waals surface area contributed by atoms with Gasteiger partial charge in [-0.1, -0.05) is 12.1 Å². The summed E-state index contributed by atoms with van der Waals surface area (Å²) in [6.07, 6.45) is -3.63. The summed E-state index contributed by atoms with van der Waals surface area (Å²) >= 11 is 0. The Morgan fingerprint density at radius 2 is 1.95 bits per heavy atom. The Bertz CT molecular complexity index is 492. The molecular weight excluding hydrogens is 281 g/mol. The molecule has 0 saturated heterocycles. The zero-order valence-electron chi connectivity index (χ0n) is 12.4. The topological polar surface area (TPSA) is 55.1 Å². The highest BCUT2D eigenvalue weighted by atomic mass is 19.4. The van der Waals surface area contributed by atoms with Crippen molar-refractivity contribution >= 4 is 5.91 Å². The molecule has 0 spiro atoms. The third kappa shape index (κ3) is 6.16. The van der Waals surface area contributed by atoms with Crippen LogP contribution in [-0.2, 0) is 11.0 Å². The van der Waals surface area contributed by atoms with Gasteiger partial charge in [0.25, 0.3) is 0 Å². The molecule has 1 aromatic carbocycles. The molecule has 118 valence electrons. The predicted molar refractivity (Wildman–Crippen MR) is 75.5 cm³/mol. The lowest BCUT2D eigenvalue weighted by atomic mass is 9.99. The van der Waals surface area contributed by atoms with Crippen LogP contribution >= 0.6 is 0 Å². The number of rotatable bonds is 5. The SMILES string of the molecule is CC(NC(=O)CCC(C)(C)N)c1cccc(C(F)(F)F)c1. The lowest BCUT2D eigenvalue weighted by Crippen LogP contribution is -2.35. The molecule has 0 heterocycles. The molecule has 3 N–H and O–H groups in total. The molecule has 0 aliphatic heterocycles. The van der Waals surface area contributed by atoms with E-state index in [1.165, 1.54) is 6.07 Å². The van der Waals surface area contributed by atoms with Crippen LogP contribution in [0.25, 0.3) is 0 Å². The van der Waals surface area contributed by atoms with Gasteiger partial charge in [0.15, 0.2) is 0 Å². The van der Waals surface area contributed by atoms with Gasteiger partial charge in [-0.3, -0.25) is 4.79 Å². The minimum Gasteiger partial charge on any atom is -0.350 e. The van der Waals surface area contributed by atoms with Crippen LogP contribution in [0.15, 0.2) is 24.3 Å². The molecule has 6 heteroatoms. The highest BCUT2D eigenvalue weighted by molar-refractivity contribution is 5.76. The molecule has 0 aromatic heterocycles. The number of amides is 1. The number of alkyl halides is 3. The van der Waals surface area contributed by atoms with Gasteiger partial charge in [-0.05, 0) is 44.9 Å². The van der Waals surface area contributed by atoms with Crippen molar-refractivity contribution in [2.75, 3.05) is 0 Å². The number of carbonyl (C=O) groups excluding carboxylic acids is 1. The number of benzene rings is 1. The Labute approximate surface area is 122 Å². The Morgan fingerprint density at radius 3 is 2.48 bits per heavy atom. The number of hydrogen-bond donors (Lipinski definition) is 2. The van der Waals surface area contributed by atoms with Crippen molar-refractivity contribution in [1.82, 2.24) is 5.32 Å². The van der Waals surface area contributed by atoms with E-state index >= 15 is 0 Å². The zero-order valence-corrected chi connectivity index (χ0v) is 12.4. The lowest BCUT2D eigenvalue weighted by Gasteiger charge is -2.20. The van der Waals surface area contributed by atoms with Gasteiger partial charge >= 0.3 is 6.18 Å². The quantitative estimate of drug-likeness (QED) is 0.876. The van der Waals surface area contributed by atoms with Crippen LogP contribution < -0.4 is 11.1 Å². The summed E-state index contributed by atoms with van der Waals surface area (Å²) in [7, 11) is 0. The van der Waals surface area contributed by atoms with Crippen molar-refractivity contribution in [3.63, 3.8) is 0 Å². The maximum atomic E-state index is 12.6. The predicted octanol–water partition coefficient (Wildman–Crippen LogP) is 3.40. The van der Waals surface area contributed by atoms with Gasteiger partial charge in [0.1, 0.15) is 0 Å². The van der Waals surface area contributed by atoms with Crippen LogP contribution in [0.4, 0.5) is 13.2 Å². The molecule has 0 aliphatic rings. The van der Waals surface area contributed by atoms with Crippen molar-refractivity contribution in [2.45, 2.75) is 51.4 Å². The van der Waals surface area contributed by atoms with E-state index in [1.54, 1.807) is 13.0 Å². The number of nitrogens with one attached hydrogen (secondary N) is 1. The molecular formula is C15H21F3N2O. The summed E-state index contributed by atoms with van der Waals surface area (Å²) in [6, 6.07) is 4.48. The average molecular weight is 302 g/mol. The van der Waals surface area contributed by atoms with Crippen molar-refractivity contribution < 1.29 is 18.0 Å². The number of halogens is 3. The van der Waals surface area contributed by atoms with Crippen LogP contribution in [0.1, 0.15) is 50.8 Å². The molecule has 0 bridgehead atoms. The Balaban J connectivity index is 2.68. The average Bonchev–Trinajstić information content (AvgIpc) is 2.34. The molecule has 1 aromatic rings. The summed E-state index contributed by atoms with van der Waals surface area (Å²) in [5.41, 5.74) is 5.04. The summed E-state index contributed by atoms with van der Waals surface area (Å²) in [5, 5.41) is 2.69. The van der Waals surface area contributed by atoms with Gasteiger partial charge < -0.3 is 11.1 Å². The van der Waals surface area contributed by atoms with Crippen molar-refractivity contribution in [1.29, 1.82) is 0 Å². The molecule has 1 atom stereocenters. The van der Waals surface area contributed by atoms with Gasteiger partial charge in [-0.2, -0.15) is 13.2 Å². The number of hydrogen-bond acceptors (Lipinski definition) is 2. The first kappa shape index (κ1) is 17.5. The third-order valence-corrected chi connectivity index (χ3v) is 3.09. The van der Waals surface area contributed by atoms with E-state index in [0.29, 0.717) is 12.0 Å². The van der Waals surface area contributed by atoms with E-state index < -0.39 is 23.3 Å². The molecule has 21 heavy (non-hydrogen) atoms. The third-order valence-electron chi connectivity index (χ3n) is 3.09.